The predicted octanol–water partition coefficient (Wildman–Crippen LogP) is 4.06. The van der Waals surface area contributed by atoms with Gasteiger partial charge < -0.3 is 5.32 Å². The minimum atomic E-state index is -3.47. The molecule has 1 amide bonds. The van der Waals surface area contributed by atoms with Crippen LogP contribution in [0.4, 0.5) is 5.69 Å². The third kappa shape index (κ3) is 3.70. The molecule has 0 fully saturated rings. The maximum atomic E-state index is 12.6. The molecule has 1 heterocycles. The van der Waals surface area contributed by atoms with E-state index in [0.717, 1.165) is 14.6 Å². The Morgan fingerprint density at radius 1 is 1.24 bits per heavy atom. The van der Waals surface area contributed by atoms with Gasteiger partial charge in [0, 0.05) is 5.69 Å². The molecule has 0 unspecified atom stereocenters. The Morgan fingerprint density at radius 3 is 2.72 bits per heavy atom. The second-order valence-corrected chi connectivity index (χ2v) is 9.55. The van der Waals surface area contributed by atoms with E-state index >= 15 is 0 Å². The first kappa shape index (κ1) is 17.9. The zero-order valence-corrected chi connectivity index (χ0v) is 16.1. The van der Waals surface area contributed by atoms with Crippen molar-refractivity contribution in [2.24, 2.45) is 0 Å². The van der Waals surface area contributed by atoms with Gasteiger partial charge in [-0.25, -0.2) is 13.4 Å². The van der Waals surface area contributed by atoms with Gasteiger partial charge in [0.25, 0.3) is 5.91 Å². The van der Waals surface area contributed by atoms with E-state index in [9.17, 15) is 13.2 Å². The number of carbonyl (C=O) groups excluding carboxylic acids is 1. The number of aromatic nitrogens is 1. The minimum Gasteiger partial charge on any atom is -0.322 e. The summed E-state index contributed by atoms with van der Waals surface area (Å²) in [4.78, 5) is 17.1. The number of hydrogen-bond donors (Lipinski definition) is 1. The van der Waals surface area contributed by atoms with Gasteiger partial charge in [0.2, 0.25) is 0 Å². The lowest BCUT2D eigenvalue weighted by Crippen LogP contribution is -2.17. The molecule has 0 atom stereocenters. The van der Waals surface area contributed by atoms with E-state index in [1.807, 2.05) is 18.4 Å². The summed E-state index contributed by atoms with van der Waals surface area (Å²) in [5.74, 6) is -0.497. The van der Waals surface area contributed by atoms with Gasteiger partial charge >= 0.3 is 0 Å². The molecular formula is C17H16N2O3S3. The highest BCUT2D eigenvalue weighted by molar-refractivity contribution is 8.00. The average molecular weight is 393 g/mol. The SMILES string of the molecule is CCS(=O)(=O)c1ccccc1C(=O)Nc1ccc2nc(SC)sc2c1. The van der Waals surface area contributed by atoms with Crippen molar-refractivity contribution in [2.75, 3.05) is 17.3 Å². The standard InChI is InChI=1S/C17H16N2O3S3/c1-3-25(21,22)15-7-5-4-6-12(15)16(20)18-11-8-9-13-14(10-11)24-17(19-13)23-2/h4-10H,3H2,1-2H3,(H,18,20). The number of sulfone groups is 1. The molecule has 1 N–H and O–H groups in total. The quantitative estimate of drug-likeness (QED) is 0.663. The highest BCUT2D eigenvalue weighted by Gasteiger charge is 2.20. The molecule has 2 aromatic carbocycles. The molecule has 25 heavy (non-hydrogen) atoms. The molecule has 8 heteroatoms. The van der Waals surface area contributed by atoms with Crippen LogP contribution in [0.1, 0.15) is 17.3 Å². The van der Waals surface area contributed by atoms with Crippen molar-refractivity contribution in [1.82, 2.24) is 4.98 Å². The summed E-state index contributed by atoms with van der Waals surface area (Å²) in [6.07, 6.45) is 1.96. The molecule has 0 bridgehead atoms. The summed E-state index contributed by atoms with van der Waals surface area (Å²) in [7, 11) is -3.47. The molecule has 0 spiro atoms. The number of nitrogens with zero attached hydrogens (tertiary/aromatic N) is 1. The van der Waals surface area contributed by atoms with Crippen molar-refractivity contribution in [1.29, 1.82) is 0 Å². The summed E-state index contributed by atoms with van der Waals surface area (Å²) in [6, 6.07) is 11.7. The summed E-state index contributed by atoms with van der Waals surface area (Å²) < 4.78 is 26.3. The number of thiazole rings is 1. The molecule has 3 aromatic rings. The summed E-state index contributed by atoms with van der Waals surface area (Å²) in [5, 5.41) is 2.78. The largest absolute Gasteiger partial charge is 0.322 e. The van der Waals surface area contributed by atoms with E-state index in [2.05, 4.69) is 10.3 Å². The number of anilines is 1. The van der Waals surface area contributed by atoms with Crippen LogP contribution in [-0.4, -0.2) is 31.3 Å². The Bertz CT molecular complexity index is 1040. The molecule has 5 nitrogen and oxygen atoms in total. The third-order valence-electron chi connectivity index (χ3n) is 3.65. The molecule has 0 saturated carbocycles. The minimum absolute atomic E-state index is 0.0540. The smallest absolute Gasteiger partial charge is 0.256 e. The van der Waals surface area contributed by atoms with Crippen LogP contribution < -0.4 is 5.32 Å². The first-order chi connectivity index (χ1) is 11.9. The Balaban J connectivity index is 1.93. The zero-order chi connectivity index (χ0) is 18.0. The molecule has 130 valence electrons. The van der Waals surface area contributed by atoms with Gasteiger partial charge in [-0.05, 0) is 36.6 Å². The molecule has 3 rings (SSSR count). The molecule has 0 aliphatic rings. The first-order valence-electron chi connectivity index (χ1n) is 7.52. The highest BCUT2D eigenvalue weighted by Crippen LogP contribution is 2.30. The second kappa shape index (κ2) is 7.15. The first-order valence-corrected chi connectivity index (χ1v) is 11.2. The summed E-state index contributed by atoms with van der Waals surface area (Å²) >= 11 is 3.12. The van der Waals surface area contributed by atoms with E-state index in [1.165, 1.54) is 12.1 Å². The van der Waals surface area contributed by atoms with Crippen LogP contribution in [-0.2, 0) is 9.84 Å². The molecule has 0 saturated heterocycles. The lowest BCUT2D eigenvalue weighted by atomic mass is 10.2. The van der Waals surface area contributed by atoms with E-state index < -0.39 is 15.7 Å². The van der Waals surface area contributed by atoms with Crippen molar-refractivity contribution in [3.05, 3.63) is 48.0 Å². The Hall–Kier alpha value is -1.90. The van der Waals surface area contributed by atoms with Gasteiger partial charge in [-0.15, -0.1) is 11.3 Å². The van der Waals surface area contributed by atoms with Crippen molar-refractivity contribution < 1.29 is 13.2 Å². The summed E-state index contributed by atoms with van der Waals surface area (Å²) in [5.41, 5.74) is 1.64. The van der Waals surface area contributed by atoms with Gasteiger partial charge in [-0.2, -0.15) is 0 Å². The zero-order valence-electron chi connectivity index (χ0n) is 13.6. The van der Waals surface area contributed by atoms with Gasteiger partial charge in [0.15, 0.2) is 14.2 Å². The molecular weight excluding hydrogens is 376 g/mol. The van der Waals surface area contributed by atoms with Gasteiger partial charge in [-0.3, -0.25) is 4.79 Å². The second-order valence-electron chi connectivity index (χ2n) is 5.22. The van der Waals surface area contributed by atoms with Crippen LogP contribution in [0.3, 0.4) is 0 Å². The van der Waals surface area contributed by atoms with E-state index in [4.69, 9.17) is 0 Å². The topological polar surface area (TPSA) is 76.1 Å². The average Bonchev–Trinajstić information content (AvgIpc) is 3.04. The van der Waals surface area contributed by atoms with Crippen LogP contribution in [0.5, 0.6) is 0 Å². The van der Waals surface area contributed by atoms with E-state index in [-0.39, 0.29) is 16.2 Å². The van der Waals surface area contributed by atoms with Gasteiger partial charge in [0.1, 0.15) is 0 Å². The maximum absolute atomic E-state index is 12.6. The fraction of sp³-hybridized carbons (Fsp3) is 0.176. The van der Waals surface area contributed by atoms with Crippen LogP contribution in [0.2, 0.25) is 0 Å². The fourth-order valence-electron chi connectivity index (χ4n) is 2.35. The number of amides is 1. The number of hydrogen-bond acceptors (Lipinski definition) is 6. The Labute approximate surface area is 154 Å². The Kier molecular flexibility index (Phi) is 5.12. The number of carbonyl (C=O) groups is 1. The molecule has 0 aliphatic heterocycles. The maximum Gasteiger partial charge on any atom is 0.256 e. The van der Waals surface area contributed by atoms with Crippen molar-refractivity contribution >= 4 is 54.7 Å². The number of thioether (sulfide) groups is 1. The van der Waals surface area contributed by atoms with Crippen molar-refractivity contribution in [3.63, 3.8) is 0 Å². The number of rotatable bonds is 5. The van der Waals surface area contributed by atoms with Gasteiger partial charge in [0.05, 0.1) is 26.4 Å². The van der Waals surface area contributed by atoms with Crippen LogP contribution >= 0.6 is 23.1 Å². The van der Waals surface area contributed by atoms with E-state index in [0.29, 0.717) is 5.69 Å². The predicted molar refractivity (Wildman–Crippen MR) is 104 cm³/mol. The molecule has 1 aromatic heterocycles. The summed E-state index contributed by atoms with van der Waals surface area (Å²) in [6.45, 7) is 1.56. The normalized spacial score (nSPS) is 11.6. The fourth-order valence-corrected chi connectivity index (χ4v) is 4.97. The highest BCUT2D eigenvalue weighted by atomic mass is 32.2. The monoisotopic (exact) mass is 392 g/mol. The third-order valence-corrected chi connectivity index (χ3v) is 7.44. The number of benzene rings is 2. The van der Waals surface area contributed by atoms with Crippen LogP contribution in [0.15, 0.2) is 51.7 Å². The lowest BCUT2D eigenvalue weighted by Gasteiger charge is -2.10. The molecule has 0 aliphatic carbocycles. The van der Waals surface area contributed by atoms with Crippen LogP contribution in [0, 0.1) is 0 Å². The van der Waals surface area contributed by atoms with Crippen LogP contribution in [0.25, 0.3) is 10.2 Å². The van der Waals surface area contributed by atoms with Gasteiger partial charge in [-0.1, -0.05) is 30.8 Å². The molecule has 0 radical (unpaired) electrons. The number of fused-ring (bicyclic) bond motifs is 1. The van der Waals surface area contributed by atoms with Crippen molar-refractivity contribution in [3.8, 4) is 0 Å². The van der Waals surface area contributed by atoms with Crippen molar-refractivity contribution in [2.45, 2.75) is 16.2 Å². The van der Waals surface area contributed by atoms with E-state index in [1.54, 1.807) is 48.2 Å². The lowest BCUT2D eigenvalue weighted by molar-refractivity contribution is 0.102. The Morgan fingerprint density at radius 2 is 2.00 bits per heavy atom. The number of nitrogens with one attached hydrogen (secondary N) is 1.